The Labute approximate surface area is 159 Å². The van der Waals surface area contributed by atoms with Crippen LogP contribution in [0.15, 0.2) is 57.7 Å². The molecule has 0 radical (unpaired) electrons. The maximum Gasteiger partial charge on any atom is 0.215 e. The summed E-state index contributed by atoms with van der Waals surface area (Å²) in [4.78, 5) is 8.73. The zero-order valence-electron chi connectivity index (χ0n) is 14.4. The SMILES string of the molecule is Cc1cc(-c2nccc3c(Nc4ccc(C)c(Br)c4)c(N)oc23)ccn1. The zero-order valence-corrected chi connectivity index (χ0v) is 16.0. The smallest absolute Gasteiger partial charge is 0.215 e. The van der Waals surface area contributed by atoms with Crippen molar-refractivity contribution in [2.45, 2.75) is 13.8 Å². The van der Waals surface area contributed by atoms with E-state index in [9.17, 15) is 0 Å². The normalized spacial score (nSPS) is 11.0. The minimum atomic E-state index is 0.330. The Hall–Kier alpha value is -2.86. The predicted octanol–water partition coefficient (Wildman–Crippen LogP) is 5.59. The molecule has 0 aliphatic carbocycles. The Morgan fingerprint density at radius 2 is 1.85 bits per heavy atom. The molecule has 3 N–H and O–H groups in total. The number of fused-ring (bicyclic) bond motifs is 1. The van der Waals surface area contributed by atoms with Crippen molar-refractivity contribution >= 4 is 44.2 Å². The molecular formula is C20H17BrN4O. The molecule has 5 nitrogen and oxygen atoms in total. The van der Waals surface area contributed by atoms with Crippen LogP contribution in [0.5, 0.6) is 0 Å². The maximum absolute atomic E-state index is 6.16. The summed E-state index contributed by atoms with van der Waals surface area (Å²) in [7, 11) is 0. The lowest BCUT2D eigenvalue weighted by Crippen LogP contribution is -1.94. The van der Waals surface area contributed by atoms with Crippen molar-refractivity contribution in [3.8, 4) is 11.3 Å². The van der Waals surface area contributed by atoms with E-state index in [0.29, 0.717) is 11.5 Å². The number of nitrogens with two attached hydrogens (primary N) is 1. The molecule has 0 aliphatic heterocycles. The van der Waals surface area contributed by atoms with Gasteiger partial charge in [-0.1, -0.05) is 22.0 Å². The van der Waals surface area contributed by atoms with Gasteiger partial charge in [-0.05, 0) is 49.7 Å². The van der Waals surface area contributed by atoms with Gasteiger partial charge in [0.1, 0.15) is 11.4 Å². The van der Waals surface area contributed by atoms with Crippen molar-refractivity contribution in [2.24, 2.45) is 0 Å². The number of aromatic nitrogens is 2. The number of pyridine rings is 2. The first-order chi connectivity index (χ1) is 12.5. The molecule has 3 aromatic heterocycles. The van der Waals surface area contributed by atoms with Crippen LogP contribution in [0.1, 0.15) is 11.3 Å². The highest BCUT2D eigenvalue weighted by Crippen LogP contribution is 2.39. The lowest BCUT2D eigenvalue weighted by atomic mass is 10.1. The van der Waals surface area contributed by atoms with Crippen LogP contribution in [0.3, 0.4) is 0 Å². The summed E-state index contributed by atoms with van der Waals surface area (Å²) in [6.07, 6.45) is 3.53. The third-order valence-electron chi connectivity index (χ3n) is 4.24. The van der Waals surface area contributed by atoms with E-state index in [2.05, 4.69) is 31.2 Å². The van der Waals surface area contributed by atoms with Crippen LogP contribution in [0.4, 0.5) is 17.3 Å². The Morgan fingerprint density at radius 1 is 1.04 bits per heavy atom. The second-order valence-electron chi connectivity index (χ2n) is 6.15. The Balaban J connectivity index is 1.83. The Morgan fingerprint density at radius 3 is 2.62 bits per heavy atom. The standard InChI is InChI=1S/C20H17BrN4O/c1-11-3-4-14(10-16(11)21)25-18-15-6-8-24-17(19(15)26-20(18)22)13-5-7-23-12(2)9-13/h3-10,25H,22H2,1-2H3. The van der Waals surface area contributed by atoms with Crippen molar-refractivity contribution in [3.05, 3.63) is 64.5 Å². The molecule has 0 amide bonds. The van der Waals surface area contributed by atoms with E-state index in [1.807, 2.05) is 50.2 Å². The second kappa shape index (κ2) is 6.46. The van der Waals surface area contributed by atoms with Gasteiger partial charge < -0.3 is 15.5 Å². The van der Waals surface area contributed by atoms with Gasteiger partial charge >= 0.3 is 0 Å². The quantitative estimate of drug-likeness (QED) is 0.461. The van der Waals surface area contributed by atoms with Gasteiger partial charge in [0.15, 0.2) is 5.58 Å². The number of hydrogen-bond acceptors (Lipinski definition) is 5. The van der Waals surface area contributed by atoms with Gasteiger partial charge in [0.25, 0.3) is 0 Å². The van der Waals surface area contributed by atoms with Crippen molar-refractivity contribution in [3.63, 3.8) is 0 Å². The van der Waals surface area contributed by atoms with Gasteiger partial charge in [-0.25, -0.2) is 0 Å². The lowest BCUT2D eigenvalue weighted by Gasteiger charge is -2.07. The molecule has 1 aromatic carbocycles. The molecule has 0 saturated carbocycles. The highest BCUT2D eigenvalue weighted by molar-refractivity contribution is 9.10. The van der Waals surface area contributed by atoms with Gasteiger partial charge in [-0.15, -0.1) is 0 Å². The van der Waals surface area contributed by atoms with E-state index >= 15 is 0 Å². The molecule has 6 heteroatoms. The third-order valence-corrected chi connectivity index (χ3v) is 5.10. The zero-order chi connectivity index (χ0) is 18.3. The molecule has 4 rings (SSSR count). The summed E-state index contributed by atoms with van der Waals surface area (Å²) in [5.41, 5.74) is 12.3. The van der Waals surface area contributed by atoms with E-state index < -0.39 is 0 Å². The minimum Gasteiger partial charge on any atom is -0.436 e. The summed E-state index contributed by atoms with van der Waals surface area (Å²) < 4.78 is 6.90. The molecule has 0 aliphatic rings. The molecule has 0 atom stereocenters. The molecule has 0 bridgehead atoms. The molecule has 0 fully saturated rings. The fourth-order valence-electron chi connectivity index (χ4n) is 2.88. The first-order valence-electron chi connectivity index (χ1n) is 8.16. The summed E-state index contributed by atoms with van der Waals surface area (Å²) in [5, 5.41) is 4.25. The van der Waals surface area contributed by atoms with Crippen molar-refractivity contribution in [2.75, 3.05) is 11.1 Å². The van der Waals surface area contributed by atoms with Crippen molar-refractivity contribution < 1.29 is 4.42 Å². The van der Waals surface area contributed by atoms with Gasteiger partial charge in [-0.3, -0.25) is 9.97 Å². The minimum absolute atomic E-state index is 0.330. The van der Waals surface area contributed by atoms with Gasteiger partial charge in [0, 0.05) is 33.8 Å². The van der Waals surface area contributed by atoms with E-state index in [4.69, 9.17) is 10.2 Å². The molecule has 4 aromatic rings. The fourth-order valence-corrected chi connectivity index (χ4v) is 3.26. The molecule has 130 valence electrons. The van der Waals surface area contributed by atoms with E-state index in [1.165, 1.54) is 5.56 Å². The fraction of sp³-hybridized carbons (Fsp3) is 0.100. The molecule has 0 saturated heterocycles. The summed E-state index contributed by atoms with van der Waals surface area (Å²) in [5.74, 6) is 0.330. The number of furan rings is 1. The van der Waals surface area contributed by atoms with Crippen molar-refractivity contribution in [1.29, 1.82) is 0 Å². The molecular weight excluding hydrogens is 392 g/mol. The highest BCUT2D eigenvalue weighted by atomic mass is 79.9. The molecule has 0 unspecified atom stereocenters. The number of nitrogens with one attached hydrogen (secondary N) is 1. The van der Waals surface area contributed by atoms with Gasteiger partial charge in [0.2, 0.25) is 5.88 Å². The summed E-state index contributed by atoms with van der Waals surface area (Å²) >= 11 is 3.56. The number of hydrogen-bond donors (Lipinski definition) is 2. The van der Waals surface area contributed by atoms with Crippen LogP contribution in [-0.4, -0.2) is 9.97 Å². The van der Waals surface area contributed by atoms with E-state index in [-0.39, 0.29) is 0 Å². The number of aryl methyl sites for hydroxylation is 2. The Kier molecular flexibility index (Phi) is 4.12. The number of benzene rings is 1. The van der Waals surface area contributed by atoms with E-state index in [0.717, 1.165) is 38.2 Å². The van der Waals surface area contributed by atoms with Crippen LogP contribution in [-0.2, 0) is 0 Å². The largest absolute Gasteiger partial charge is 0.436 e. The number of anilines is 3. The van der Waals surface area contributed by atoms with E-state index in [1.54, 1.807) is 12.4 Å². The van der Waals surface area contributed by atoms with Crippen LogP contribution >= 0.6 is 15.9 Å². The first-order valence-corrected chi connectivity index (χ1v) is 8.95. The van der Waals surface area contributed by atoms with Crippen LogP contribution in [0, 0.1) is 13.8 Å². The Bertz CT molecular complexity index is 1120. The second-order valence-corrected chi connectivity index (χ2v) is 7.01. The highest BCUT2D eigenvalue weighted by Gasteiger charge is 2.17. The van der Waals surface area contributed by atoms with Crippen LogP contribution in [0.25, 0.3) is 22.2 Å². The van der Waals surface area contributed by atoms with Crippen molar-refractivity contribution in [1.82, 2.24) is 9.97 Å². The predicted molar refractivity (Wildman–Crippen MR) is 109 cm³/mol. The first kappa shape index (κ1) is 16.6. The lowest BCUT2D eigenvalue weighted by molar-refractivity contribution is 0.638. The average Bonchev–Trinajstić information content (AvgIpc) is 2.94. The maximum atomic E-state index is 6.16. The summed E-state index contributed by atoms with van der Waals surface area (Å²) in [6, 6.07) is 11.9. The average molecular weight is 409 g/mol. The van der Waals surface area contributed by atoms with Gasteiger partial charge in [-0.2, -0.15) is 0 Å². The number of halogens is 1. The number of rotatable bonds is 3. The molecule has 0 spiro atoms. The monoisotopic (exact) mass is 408 g/mol. The summed E-state index contributed by atoms with van der Waals surface area (Å²) in [6.45, 7) is 3.99. The molecule has 26 heavy (non-hydrogen) atoms. The number of nitrogens with zero attached hydrogens (tertiary/aromatic N) is 2. The topological polar surface area (TPSA) is 77.0 Å². The number of nitrogen functional groups attached to an aromatic ring is 1. The van der Waals surface area contributed by atoms with Crippen LogP contribution < -0.4 is 11.1 Å². The molecule has 3 heterocycles. The van der Waals surface area contributed by atoms with Gasteiger partial charge in [0.05, 0.1) is 5.39 Å². The third kappa shape index (κ3) is 2.93. The van der Waals surface area contributed by atoms with Crippen LogP contribution in [0.2, 0.25) is 0 Å².